The predicted octanol–water partition coefficient (Wildman–Crippen LogP) is 1.11. The highest BCUT2D eigenvalue weighted by molar-refractivity contribution is 5.92. The number of amides is 1. The number of nitrogens with one attached hydrogen (secondary N) is 1. The Balaban J connectivity index is 0.00000133. The van der Waals surface area contributed by atoms with Crippen LogP contribution in [0.15, 0.2) is 18.6 Å². The second-order valence-electron chi connectivity index (χ2n) is 5.31. The Morgan fingerprint density at radius 3 is 2.63 bits per heavy atom. The predicted molar refractivity (Wildman–Crippen MR) is 74.3 cm³/mol. The van der Waals surface area contributed by atoms with Crippen LogP contribution in [0.25, 0.3) is 0 Å². The maximum absolute atomic E-state index is 12.2. The van der Waals surface area contributed by atoms with Crippen molar-refractivity contribution in [2.45, 2.75) is 19.3 Å². The Labute approximate surface area is 119 Å². The summed E-state index contributed by atoms with van der Waals surface area (Å²) in [5.74, 6) is 0.0175. The summed E-state index contributed by atoms with van der Waals surface area (Å²) in [7, 11) is 0. The molecule has 0 aromatic carbocycles. The van der Waals surface area contributed by atoms with Crippen LogP contribution in [0.3, 0.4) is 0 Å². The summed E-state index contributed by atoms with van der Waals surface area (Å²) in [6.45, 7) is 3.92. The number of aromatic nitrogens is 2. The van der Waals surface area contributed by atoms with Gasteiger partial charge in [-0.1, -0.05) is 0 Å². The lowest BCUT2D eigenvalue weighted by Gasteiger charge is -2.38. The summed E-state index contributed by atoms with van der Waals surface area (Å²) in [6, 6.07) is 0. The monoisotopic (exact) mass is 282 g/mol. The van der Waals surface area contributed by atoms with Gasteiger partial charge in [-0.3, -0.25) is 9.78 Å². The second-order valence-corrected chi connectivity index (χ2v) is 5.31. The van der Waals surface area contributed by atoms with Crippen LogP contribution in [0.2, 0.25) is 0 Å². The van der Waals surface area contributed by atoms with Crippen molar-refractivity contribution in [2.75, 3.05) is 26.2 Å². The number of piperidine rings is 1. The highest BCUT2D eigenvalue weighted by Gasteiger charge is 2.38. The van der Waals surface area contributed by atoms with E-state index in [4.69, 9.17) is 0 Å². The summed E-state index contributed by atoms with van der Waals surface area (Å²) < 4.78 is 0. The van der Waals surface area contributed by atoms with Crippen molar-refractivity contribution in [2.24, 2.45) is 5.41 Å². The minimum absolute atomic E-state index is 0. The van der Waals surface area contributed by atoms with Crippen molar-refractivity contribution in [1.29, 1.82) is 0 Å². The first kappa shape index (κ1) is 14.2. The zero-order valence-corrected chi connectivity index (χ0v) is 11.7. The maximum atomic E-state index is 12.2. The van der Waals surface area contributed by atoms with Crippen LogP contribution in [-0.2, 0) is 0 Å². The Bertz CT molecular complexity index is 424. The molecule has 3 rings (SSSR count). The van der Waals surface area contributed by atoms with Gasteiger partial charge in [0.15, 0.2) is 0 Å². The summed E-state index contributed by atoms with van der Waals surface area (Å²) >= 11 is 0. The number of hydrogen-bond acceptors (Lipinski definition) is 4. The standard InChI is InChI=1S/C13H18N4O.ClH/c18-12(11-9-14-5-6-16-11)17-7-2-13(3-8-17)1-4-15-10-13;/h5-6,9,15H,1-4,7-8,10H2;1H. The smallest absolute Gasteiger partial charge is 0.274 e. The van der Waals surface area contributed by atoms with Crippen LogP contribution in [0, 0.1) is 5.41 Å². The van der Waals surface area contributed by atoms with Gasteiger partial charge in [0.2, 0.25) is 0 Å². The Hall–Kier alpha value is -1.20. The molecule has 0 aliphatic carbocycles. The van der Waals surface area contributed by atoms with Gasteiger partial charge in [0, 0.05) is 32.0 Å². The molecule has 3 heterocycles. The quantitative estimate of drug-likeness (QED) is 0.838. The van der Waals surface area contributed by atoms with E-state index < -0.39 is 0 Å². The number of carbonyl (C=O) groups excluding carboxylic acids is 1. The molecule has 1 aromatic heterocycles. The summed E-state index contributed by atoms with van der Waals surface area (Å²) in [4.78, 5) is 22.1. The van der Waals surface area contributed by atoms with Crippen LogP contribution in [-0.4, -0.2) is 47.0 Å². The third kappa shape index (κ3) is 2.87. The Morgan fingerprint density at radius 1 is 1.26 bits per heavy atom. The molecular formula is C13H19ClN4O. The summed E-state index contributed by atoms with van der Waals surface area (Å²) in [6.07, 6.45) is 8.16. The molecule has 104 valence electrons. The SMILES string of the molecule is Cl.O=C(c1cnccn1)N1CCC2(CCNC2)CC1. The second kappa shape index (κ2) is 5.84. The number of rotatable bonds is 1. The lowest BCUT2D eigenvalue weighted by Crippen LogP contribution is -2.44. The minimum atomic E-state index is 0. The van der Waals surface area contributed by atoms with Crippen molar-refractivity contribution in [3.8, 4) is 0 Å². The molecule has 0 saturated carbocycles. The van der Waals surface area contributed by atoms with Gasteiger partial charge in [-0.25, -0.2) is 4.98 Å². The molecule has 2 aliphatic heterocycles. The fraction of sp³-hybridized carbons (Fsp3) is 0.615. The van der Waals surface area contributed by atoms with Crippen molar-refractivity contribution in [3.05, 3.63) is 24.3 Å². The van der Waals surface area contributed by atoms with Crippen molar-refractivity contribution >= 4 is 18.3 Å². The van der Waals surface area contributed by atoms with E-state index >= 15 is 0 Å². The first-order valence-electron chi connectivity index (χ1n) is 6.55. The van der Waals surface area contributed by atoms with Gasteiger partial charge in [-0.05, 0) is 31.2 Å². The minimum Gasteiger partial charge on any atom is -0.337 e. The Kier molecular flexibility index (Phi) is 4.37. The molecule has 1 spiro atoms. The van der Waals surface area contributed by atoms with E-state index in [0.717, 1.165) is 39.0 Å². The van der Waals surface area contributed by atoms with Gasteiger partial charge >= 0.3 is 0 Å². The fourth-order valence-corrected chi connectivity index (χ4v) is 2.98. The molecule has 1 aromatic rings. The van der Waals surface area contributed by atoms with Gasteiger partial charge in [0.25, 0.3) is 5.91 Å². The van der Waals surface area contributed by atoms with Gasteiger partial charge in [-0.15, -0.1) is 12.4 Å². The van der Waals surface area contributed by atoms with Crippen LogP contribution < -0.4 is 5.32 Å². The third-order valence-corrected chi connectivity index (χ3v) is 4.23. The number of likely N-dealkylation sites (tertiary alicyclic amines) is 1. The summed E-state index contributed by atoms with van der Waals surface area (Å²) in [5, 5.41) is 3.43. The highest BCUT2D eigenvalue weighted by atomic mass is 35.5. The van der Waals surface area contributed by atoms with Crippen LogP contribution in [0.5, 0.6) is 0 Å². The molecule has 6 heteroatoms. The first-order valence-corrected chi connectivity index (χ1v) is 6.55. The average molecular weight is 283 g/mol. The lowest BCUT2D eigenvalue weighted by atomic mass is 9.78. The van der Waals surface area contributed by atoms with Crippen molar-refractivity contribution in [3.63, 3.8) is 0 Å². The number of carbonyl (C=O) groups is 1. The lowest BCUT2D eigenvalue weighted by molar-refractivity contribution is 0.0601. The highest BCUT2D eigenvalue weighted by Crippen LogP contribution is 2.37. The third-order valence-electron chi connectivity index (χ3n) is 4.23. The fourth-order valence-electron chi connectivity index (χ4n) is 2.98. The van der Waals surface area contributed by atoms with Gasteiger partial charge in [-0.2, -0.15) is 0 Å². The molecule has 2 saturated heterocycles. The molecule has 0 atom stereocenters. The van der Waals surface area contributed by atoms with Crippen LogP contribution in [0.4, 0.5) is 0 Å². The molecule has 2 fully saturated rings. The van der Waals surface area contributed by atoms with E-state index in [1.54, 1.807) is 18.6 Å². The molecular weight excluding hydrogens is 264 g/mol. The molecule has 2 aliphatic rings. The normalized spacial score (nSPS) is 21.2. The van der Waals surface area contributed by atoms with Gasteiger partial charge in [0.1, 0.15) is 5.69 Å². The van der Waals surface area contributed by atoms with E-state index in [9.17, 15) is 4.79 Å². The summed E-state index contributed by atoms with van der Waals surface area (Å²) in [5.41, 5.74) is 0.900. The van der Waals surface area contributed by atoms with Crippen LogP contribution in [0.1, 0.15) is 29.8 Å². The van der Waals surface area contributed by atoms with Crippen LogP contribution >= 0.6 is 12.4 Å². The van der Waals surface area contributed by atoms with E-state index in [2.05, 4.69) is 15.3 Å². The average Bonchev–Trinajstić information content (AvgIpc) is 2.88. The van der Waals surface area contributed by atoms with Crippen molar-refractivity contribution < 1.29 is 4.79 Å². The number of halogens is 1. The first-order chi connectivity index (χ1) is 8.79. The zero-order valence-electron chi connectivity index (χ0n) is 10.8. The Morgan fingerprint density at radius 2 is 2.05 bits per heavy atom. The molecule has 0 unspecified atom stereocenters. The van der Waals surface area contributed by atoms with Crippen molar-refractivity contribution in [1.82, 2.24) is 20.2 Å². The molecule has 1 amide bonds. The largest absolute Gasteiger partial charge is 0.337 e. The molecule has 1 N–H and O–H groups in total. The topological polar surface area (TPSA) is 58.1 Å². The maximum Gasteiger partial charge on any atom is 0.274 e. The molecule has 0 bridgehead atoms. The number of hydrogen-bond donors (Lipinski definition) is 1. The number of nitrogens with zero attached hydrogens (tertiary/aromatic N) is 3. The molecule has 0 radical (unpaired) electrons. The zero-order chi connectivity index (χ0) is 12.4. The van der Waals surface area contributed by atoms with E-state index in [-0.39, 0.29) is 18.3 Å². The van der Waals surface area contributed by atoms with E-state index in [1.165, 1.54) is 6.42 Å². The van der Waals surface area contributed by atoms with E-state index in [0.29, 0.717) is 11.1 Å². The molecule has 19 heavy (non-hydrogen) atoms. The molecule has 5 nitrogen and oxygen atoms in total. The van der Waals surface area contributed by atoms with Gasteiger partial charge < -0.3 is 10.2 Å². The van der Waals surface area contributed by atoms with E-state index in [1.807, 2.05) is 4.90 Å². The van der Waals surface area contributed by atoms with Gasteiger partial charge in [0.05, 0.1) is 6.20 Å².